The standard InChI is InChI=1S/C20H21ClN2O2/c21-17-8-4-5-9-18(17)23-20(25)15-12-10-14(11-13-15)19(24)22-16-6-2-1-3-7-16/h1-9,14-15H,10-13H2,(H,22,24)(H,23,25). The van der Waals surface area contributed by atoms with Gasteiger partial charge in [0.1, 0.15) is 0 Å². The van der Waals surface area contributed by atoms with E-state index < -0.39 is 0 Å². The number of anilines is 2. The Hall–Kier alpha value is -2.33. The normalized spacial score (nSPS) is 19.9. The van der Waals surface area contributed by atoms with E-state index in [1.807, 2.05) is 42.5 Å². The number of rotatable bonds is 4. The summed E-state index contributed by atoms with van der Waals surface area (Å²) in [5, 5.41) is 6.37. The molecular weight excluding hydrogens is 336 g/mol. The van der Waals surface area contributed by atoms with E-state index in [1.54, 1.807) is 12.1 Å². The quantitative estimate of drug-likeness (QED) is 0.832. The highest BCUT2D eigenvalue weighted by Crippen LogP contribution is 2.31. The molecule has 4 nitrogen and oxygen atoms in total. The van der Waals surface area contributed by atoms with Crippen molar-refractivity contribution in [3.8, 4) is 0 Å². The Balaban J connectivity index is 1.50. The summed E-state index contributed by atoms with van der Waals surface area (Å²) in [5.74, 6) is -0.0900. The van der Waals surface area contributed by atoms with Crippen LogP contribution in [0.3, 0.4) is 0 Å². The monoisotopic (exact) mass is 356 g/mol. The topological polar surface area (TPSA) is 58.2 Å². The molecule has 25 heavy (non-hydrogen) atoms. The molecule has 2 N–H and O–H groups in total. The van der Waals surface area contributed by atoms with E-state index in [0.717, 1.165) is 18.5 Å². The van der Waals surface area contributed by atoms with Gasteiger partial charge >= 0.3 is 0 Å². The minimum absolute atomic E-state index is 0.0185. The molecule has 0 unspecified atom stereocenters. The fourth-order valence-corrected chi connectivity index (χ4v) is 3.36. The smallest absolute Gasteiger partial charge is 0.227 e. The van der Waals surface area contributed by atoms with Gasteiger partial charge in [-0.2, -0.15) is 0 Å². The van der Waals surface area contributed by atoms with Crippen LogP contribution in [-0.2, 0) is 9.59 Å². The number of halogens is 1. The lowest BCUT2D eigenvalue weighted by Crippen LogP contribution is -2.32. The summed E-state index contributed by atoms with van der Waals surface area (Å²) in [6.45, 7) is 0. The van der Waals surface area contributed by atoms with E-state index in [4.69, 9.17) is 11.6 Å². The maximum absolute atomic E-state index is 12.4. The van der Waals surface area contributed by atoms with Crippen molar-refractivity contribution in [2.24, 2.45) is 11.8 Å². The summed E-state index contributed by atoms with van der Waals surface area (Å²) in [4.78, 5) is 24.8. The molecule has 2 amide bonds. The first-order chi connectivity index (χ1) is 12.1. The summed E-state index contributed by atoms with van der Waals surface area (Å²) in [5.41, 5.74) is 1.45. The number of hydrogen-bond acceptors (Lipinski definition) is 2. The van der Waals surface area contributed by atoms with Crippen LogP contribution in [0.25, 0.3) is 0 Å². The van der Waals surface area contributed by atoms with Gasteiger partial charge < -0.3 is 10.6 Å². The molecule has 1 aliphatic carbocycles. The van der Waals surface area contributed by atoms with Crippen molar-refractivity contribution in [1.29, 1.82) is 0 Å². The second kappa shape index (κ2) is 8.17. The molecule has 0 saturated heterocycles. The number of carbonyl (C=O) groups is 2. The number of para-hydroxylation sites is 2. The zero-order chi connectivity index (χ0) is 17.6. The van der Waals surface area contributed by atoms with Gasteiger partial charge in [-0.1, -0.05) is 41.9 Å². The van der Waals surface area contributed by atoms with Gasteiger partial charge in [-0.05, 0) is 49.9 Å². The number of hydrogen-bond donors (Lipinski definition) is 2. The molecule has 0 spiro atoms. The Bertz CT molecular complexity index is 740. The molecule has 1 fully saturated rings. The molecule has 0 radical (unpaired) electrons. The van der Waals surface area contributed by atoms with Crippen molar-refractivity contribution in [2.75, 3.05) is 10.6 Å². The molecule has 1 saturated carbocycles. The molecule has 0 aliphatic heterocycles. The average Bonchev–Trinajstić information content (AvgIpc) is 2.64. The van der Waals surface area contributed by atoms with E-state index in [9.17, 15) is 9.59 Å². The Kier molecular flexibility index (Phi) is 5.71. The van der Waals surface area contributed by atoms with Crippen LogP contribution in [0, 0.1) is 11.8 Å². The molecule has 2 aromatic rings. The Morgan fingerprint density at radius 2 is 1.28 bits per heavy atom. The lowest BCUT2D eigenvalue weighted by Gasteiger charge is -2.27. The molecule has 0 atom stereocenters. The van der Waals surface area contributed by atoms with Crippen molar-refractivity contribution in [2.45, 2.75) is 25.7 Å². The predicted octanol–water partition coefficient (Wildman–Crippen LogP) is 4.72. The highest BCUT2D eigenvalue weighted by molar-refractivity contribution is 6.33. The zero-order valence-electron chi connectivity index (χ0n) is 13.9. The second-order valence-electron chi connectivity index (χ2n) is 6.37. The molecule has 0 bridgehead atoms. The largest absolute Gasteiger partial charge is 0.326 e. The van der Waals surface area contributed by atoms with Gasteiger partial charge in [0.2, 0.25) is 11.8 Å². The molecule has 0 aromatic heterocycles. The Morgan fingerprint density at radius 3 is 1.88 bits per heavy atom. The maximum atomic E-state index is 12.4. The Labute approximate surface area is 152 Å². The molecule has 5 heteroatoms. The van der Waals surface area contributed by atoms with Gasteiger partial charge in [0.25, 0.3) is 0 Å². The van der Waals surface area contributed by atoms with Crippen molar-refractivity contribution in [1.82, 2.24) is 0 Å². The van der Waals surface area contributed by atoms with Gasteiger partial charge in [-0.15, -0.1) is 0 Å². The van der Waals surface area contributed by atoms with Crippen molar-refractivity contribution < 1.29 is 9.59 Å². The van der Waals surface area contributed by atoms with Crippen LogP contribution < -0.4 is 10.6 Å². The fourth-order valence-electron chi connectivity index (χ4n) is 3.18. The first-order valence-electron chi connectivity index (χ1n) is 8.55. The highest BCUT2D eigenvalue weighted by atomic mass is 35.5. The van der Waals surface area contributed by atoms with Gasteiger partial charge in [0.05, 0.1) is 10.7 Å². The summed E-state index contributed by atoms with van der Waals surface area (Å²) in [7, 11) is 0. The number of carbonyl (C=O) groups excluding carboxylic acids is 2. The molecular formula is C20H21ClN2O2. The van der Waals surface area contributed by atoms with Crippen LogP contribution in [0.4, 0.5) is 11.4 Å². The average molecular weight is 357 g/mol. The van der Waals surface area contributed by atoms with Crippen molar-refractivity contribution in [3.05, 3.63) is 59.6 Å². The van der Waals surface area contributed by atoms with Crippen LogP contribution in [-0.4, -0.2) is 11.8 Å². The first-order valence-corrected chi connectivity index (χ1v) is 8.92. The van der Waals surface area contributed by atoms with Gasteiger partial charge in [-0.3, -0.25) is 9.59 Å². The summed E-state index contributed by atoms with van der Waals surface area (Å²) in [6.07, 6.45) is 2.87. The van der Waals surface area contributed by atoms with Crippen molar-refractivity contribution >= 4 is 34.8 Å². The molecule has 2 aromatic carbocycles. The summed E-state index contributed by atoms with van der Waals surface area (Å²) in [6, 6.07) is 16.7. The number of benzene rings is 2. The summed E-state index contributed by atoms with van der Waals surface area (Å²) >= 11 is 6.08. The number of amides is 2. The Morgan fingerprint density at radius 1 is 0.760 bits per heavy atom. The van der Waals surface area contributed by atoms with E-state index in [2.05, 4.69) is 10.6 Å². The van der Waals surface area contributed by atoms with Crippen LogP contribution in [0.15, 0.2) is 54.6 Å². The van der Waals surface area contributed by atoms with Crippen molar-refractivity contribution in [3.63, 3.8) is 0 Å². The van der Waals surface area contributed by atoms with Gasteiger partial charge in [-0.25, -0.2) is 0 Å². The second-order valence-corrected chi connectivity index (χ2v) is 6.78. The van der Waals surface area contributed by atoms with E-state index >= 15 is 0 Å². The highest BCUT2D eigenvalue weighted by Gasteiger charge is 2.30. The fraction of sp³-hybridized carbons (Fsp3) is 0.300. The third-order valence-corrected chi connectivity index (χ3v) is 4.97. The van der Waals surface area contributed by atoms with Crippen LogP contribution in [0.1, 0.15) is 25.7 Å². The minimum atomic E-state index is -0.0722. The lowest BCUT2D eigenvalue weighted by atomic mass is 9.81. The van der Waals surface area contributed by atoms with E-state index in [0.29, 0.717) is 23.6 Å². The molecule has 1 aliphatic rings. The van der Waals surface area contributed by atoms with Crippen LogP contribution in [0.2, 0.25) is 5.02 Å². The van der Waals surface area contributed by atoms with Gasteiger partial charge in [0, 0.05) is 17.5 Å². The lowest BCUT2D eigenvalue weighted by molar-refractivity contribution is -0.125. The third kappa shape index (κ3) is 4.60. The minimum Gasteiger partial charge on any atom is -0.326 e. The van der Waals surface area contributed by atoms with Gasteiger partial charge in [0.15, 0.2) is 0 Å². The maximum Gasteiger partial charge on any atom is 0.227 e. The first kappa shape index (κ1) is 17.5. The third-order valence-electron chi connectivity index (χ3n) is 4.64. The van der Waals surface area contributed by atoms with E-state index in [-0.39, 0.29) is 23.7 Å². The van der Waals surface area contributed by atoms with E-state index in [1.165, 1.54) is 0 Å². The number of nitrogens with one attached hydrogen (secondary N) is 2. The molecule has 0 heterocycles. The van der Waals surface area contributed by atoms with Crippen LogP contribution in [0.5, 0.6) is 0 Å². The molecule has 3 rings (SSSR count). The SMILES string of the molecule is O=C(Nc1ccccc1)C1CCC(C(=O)Nc2ccccc2Cl)CC1. The predicted molar refractivity (Wildman–Crippen MR) is 101 cm³/mol. The summed E-state index contributed by atoms with van der Waals surface area (Å²) < 4.78 is 0. The molecule has 130 valence electrons. The zero-order valence-corrected chi connectivity index (χ0v) is 14.6. The van der Waals surface area contributed by atoms with Crippen LogP contribution >= 0.6 is 11.6 Å².